The zero-order valence-electron chi connectivity index (χ0n) is 6.54. The van der Waals surface area contributed by atoms with Crippen LogP contribution in [0.3, 0.4) is 0 Å². The van der Waals surface area contributed by atoms with Crippen molar-refractivity contribution < 1.29 is 9.58 Å². The topological polar surface area (TPSA) is 92.8 Å². The lowest BCUT2D eigenvalue weighted by Crippen LogP contribution is -2.48. The maximum atomic E-state index is 11.3. The number of hydrogen-bond donors (Lipinski definition) is 1. The molecule has 0 aliphatic carbocycles. The first-order valence-electron chi connectivity index (χ1n) is 3.58. The van der Waals surface area contributed by atoms with Crippen LogP contribution in [-0.4, -0.2) is 5.10 Å². The molecule has 1 aromatic heterocycles. The quantitative estimate of drug-likeness (QED) is 0.417. The Morgan fingerprint density at radius 1 is 1.23 bits per heavy atom. The smallest absolute Gasteiger partial charge is 0.559 e. The first-order chi connectivity index (χ1) is 6.20. The van der Waals surface area contributed by atoms with Crippen LogP contribution in [0.2, 0.25) is 0 Å². The van der Waals surface area contributed by atoms with E-state index in [4.69, 9.17) is 5.73 Å². The number of hydrogen-bond acceptors (Lipinski definition) is 4. The second-order valence-electron chi connectivity index (χ2n) is 2.51. The predicted molar refractivity (Wildman–Crippen MR) is 44.1 cm³/mol. The van der Waals surface area contributed by atoms with Gasteiger partial charge in [-0.25, -0.2) is 5.73 Å². The Kier molecular flexibility index (Phi) is 1.42. The van der Waals surface area contributed by atoms with Crippen molar-refractivity contribution in [1.82, 2.24) is 5.10 Å². The van der Waals surface area contributed by atoms with E-state index in [1.807, 2.05) is 0 Å². The van der Waals surface area contributed by atoms with Gasteiger partial charge in [-0.15, -0.1) is 4.73 Å². The normalized spacial score (nSPS) is 10.5. The predicted octanol–water partition coefficient (Wildman–Crippen LogP) is -0.916. The highest BCUT2D eigenvalue weighted by atomic mass is 16.5. The third-order valence-corrected chi connectivity index (χ3v) is 1.70. The van der Waals surface area contributed by atoms with Crippen molar-refractivity contribution >= 4 is 17.0 Å². The van der Waals surface area contributed by atoms with Gasteiger partial charge in [-0.3, -0.25) is 0 Å². The number of nitrogen functional groups attached to an aromatic ring is 1. The van der Waals surface area contributed by atoms with Gasteiger partial charge < -0.3 is 10.4 Å². The number of aromatic nitrogens is 3. The number of nitrogens with zero attached hydrogens (tertiary/aromatic N) is 3. The summed E-state index contributed by atoms with van der Waals surface area (Å²) in [5.74, 6) is -0.473. The zero-order valence-corrected chi connectivity index (χ0v) is 6.54. The molecule has 0 atom stereocenters. The Bertz CT molecular complexity index is 471. The molecule has 1 heterocycles. The molecule has 66 valence electrons. The van der Waals surface area contributed by atoms with E-state index < -0.39 is 5.95 Å². The monoisotopic (exact) mass is 178 g/mol. The Balaban J connectivity index is 2.94. The van der Waals surface area contributed by atoms with Crippen molar-refractivity contribution in [2.45, 2.75) is 0 Å². The fourth-order valence-electron chi connectivity index (χ4n) is 1.07. The SMILES string of the molecule is Nc1[n+]([O-])nc2ccccc2[n+]1[O-]. The maximum Gasteiger partial charge on any atom is 0.559 e. The van der Waals surface area contributed by atoms with E-state index in [9.17, 15) is 10.4 Å². The van der Waals surface area contributed by atoms with Gasteiger partial charge in [0.25, 0.3) is 0 Å². The molecule has 0 aliphatic rings. The summed E-state index contributed by atoms with van der Waals surface area (Å²) in [6, 6.07) is 6.47. The molecule has 1 aromatic carbocycles. The average Bonchev–Trinajstić information content (AvgIpc) is 2.15. The minimum atomic E-state index is -0.473. The van der Waals surface area contributed by atoms with Crippen LogP contribution in [0.1, 0.15) is 0 Å². The lowest BCUT2D eigenvalue weighted by Gasteiger charge is -2.05. The third-order valence-electron chi connectivity index (χ3n) is 1.70. The van der Waals surface area contributed by atoms with Gasteiger partial charge in [-0.1, -0.05) is 12.1 Å². The molecule has 2 N–H and O–H groups in total. The summed E-state index contributed by atoms with van der Waals surface area (Å²) >= 11 is 0. The van der Waals surface area contributed by atoms with Gasteiger partial charge in [0.1, 0.15) is 0 Å². The lowest BCUT2D eigenvalue weighted by molar-refractivity contribution is -0.740. The van der Waals surface area contributed by atoms with Gasteiger partial charge in [0.05, 0.1) is 0 Å². The van der Waals surface area contributed by atoms with E-state index in [1.165, 1.54) is 0 Å². The number of anilines is 1. The molecule has 0 fully saturated rings. The van der Waals surface area contributed by atoms with E-state index in [0.29, 0.717) is 10.2 Å². The van der Waals surface area contributed by atoms with Crippen molar-refractivity contribution in [3.63, 3.8) is 0 Å². The largest absolute Gasteiger partial charge is 0.675 e. The van der Waals surface area contributed by atoms with Crippen LogP contribution in [0.4, 0.5) is 5.95 Å². The van der Waals surface area contributed by atoms with Crippen molar-refractivity contribution in [2.24, 2.45) is 0 Å². The fourth-order valence-corrected chi connectivity index (χ4v) is 1.07. The van der Waals surface area contributed by atoms with Crippen molar-refractivity contribution in [3.05, 3.63) is 34.7 Å². The first-order valence-corrected chi connectivity index (χ1v) is 3.58. The summed E-state index contributed by atoms with van der Waals surface area (Å²) in [6.07, 6.45) is 0. The van der Waals surface area contributed by atoms with Crippen LogP contribution in [0.5, 0.6) is 0 Å². The van der Waals surface area contributed by atoms with E-state index >= 15 is 0 Å². The first kappa shape index (κ1) is 7.53. The third kappa shape index (κ3) is 0.994. The van der Waals surface area contributed by atoms with E-state index in [-0.39, 0.29) is 10.4 Å². The number of para-hydroxylation sites is 1. The molecule has 0 saturated heterocycles. The summed E-state index contributed by atoms with van der Waals surface area (Å²) < 4.78 is 0.356. The van der Waals surface area contributed by atoms with Crippen molar-refractivity contribution in [1.29, 1.82) is 0 Å². The Morgan fingerprint density at radius 2 is 1.92 bits per heavy atom. The molecular weight excluding hydrogens is 172 g/mol. The van der Waals surface area contributed by atoms with Crippen LogP contribution in [0, 0.1) is 10.4 Å². The van der Waals surface area contributed by atoms with Gasteiger partial charge in [-0.05, 0) is 22.1 Å². The van der Waals surface area contributed by atoms with E-state index in [1.54, 1.807) is 24.3 Å². The van der Waals surface area contributed by atoms with Crippen LogP contribution in [0.25, 0.3) is 11.0 Å². The molecule has 2 rings (SSSR count). The number of fused-ring (bicyclic) bond motifs is 1. The molecule has 0 amide bonds. The van der Waals surface area contributed by atoms with Crippen molar-refractivity contribution in [3.8, 4) is 0 Å². The molecular formula is C7H6N4O2. The Labute approximate surface area is 73.0 Å². The number of nitrogens with two attached hydrogens (primary N) is 1. The molecule has 0 aliphatic heterocycles. The van der Waals surface area contributed by atoms with Gasteiger partial charge in [0.15, 0.2) is 11.0 Å². The van der Waals surface area contributed by atoms with Crippen LogP contribution in [-0.2, 0) is 0 Å². The van der Waals surface area contributed by atoms with Gasteiger partial charge in [-0.2, -0.15) is 0 Å². The van der Waals surface area contributed by atoms with Gasteiger partial charge in [0.2, 0.25) is 0 Å². The average molecular weight is 178 g/mol. The molecule has 0 radical (unpaired) electrons. The van der Waals surface area contributed by atoms with Crippen LogP contribution in [0.15, 0.2) is 24.3 Å². The minimum absolute atomic E-state index is 0.106. The van der Waals surface area contributed by atoms with Gasteiger partial charge >= 0.3 is 5.95 Å². The highest BCUT2D eigenvalue weighted by Gasteiger charge is 2.14. The van der Waals surface area contributed by atoms with E-state index in [0.717, 1.165) is 0 Å². The Hall–Kier alpha value is -2.11. The van der Waals surface area contributed by atoms with Gasteiger partial charge in [0, 0.05) is 0 Å². The number of rotatable bonds is 0. The highest BCUT2D eigenvalue weighted by Crippen LogP contribution is 2.03. The number of benzene rings is 1. The zero-order chi connectivity index (χ0) is 9.42. The molecule has 0 saturated carbocycles. The Morgan fingerprint density at radius 3 is 2.69 bits per heavy atom. The summed E-state index contributed by atoms with van der Waals surface area (Å²) in [7, 11) is 0. The molecule has 2 aromatic rings. The second-order valence-corrected chi connectivity index (χ2v) is 2.51. The van der Waals surface area contributed by atoms with Crippen molar-refractivity contribution in [2.75, 3.05) is 5.73 Å². The summed E-state index contributed by atoms with van der Waals surface area (Å²) in [6.45, 7) is 0. The second kappa shape index (κ2) is 2.44. The molecule has 0 unspecified atom stereocenters. The molecule has 13 heavy (non-hydrogen) atoms. The minimum Gasteiger partial charge on any atom is -0.675 e. The van der Waals surface area contributed by atoms with Crippen LogP contribution >= 0.6 is 0 Å². The fraction of sp³-hybridized carbons (Fsp3) is 0. The summed E-state index contributed by atoms with van der Waals surface area (Å²) in [5, 5.41) is 25.7. The maximum absolute atomic E-state index is 11.3. The molecule has 6 heteroatoms. The summed E-state index contributed by atoms with van der Waals surface area (Å²) in [4.78, 5) is 0.106. The standard InChI is InChI=1S/C7H6N4O2/c8-7-10(12)6-4-2-1-3-5(6)9-11(7)13/h1-4H,8H2. The summed E-state index contributed by atoms with van der Waals surface area (Å²) in [5.41, 5.74) is 5.79. The molecule has 6 nitrogen and oxygen atoms in total. The molecule has 0 bridgehead atoms. The van der Waals surface area contributed by atoms with E-state index in [2.05, 4.69) is 5.10 Å². The highest BCUT2D eigenvalue weighted by molar-refractivity contribution is 5.69. The lowest BCUT2D eigenvalue weighted by atomic mass is 10.3. The molecule has 0 spiro atoms. The van der Waals surface area contributed by atoms with Crippen LogP contribution < -0.4 is 15.3 Å².